The fourth-order valence-corrected chi connectivity index (χ4v) is 3.82. The summed E-state index contributed by atoms with van der Waals surface area (Å²) in [6.07, 6.45) is 2.08. The number of carbonyl (C=O) groups is 2. The normalized spacial score (nSPS) is 26.0. The van der Waals surface area contributed by atoms with Crippen molar-refractivity contribution in [3.8, 4) is 0 Å². The molecule has 2 aliphatic rings. The van der Waals surface area contributed by atoms with E-state index in [1.807, 2.05) is 39.5 Å². The number of aliphatic hydroxyl groups excluding tert-OH is 1. The summed E-state index contributed by atoms with van der Waals surface area (Å²) in [4.78, 5) is 28.8. The first-order chi connectivity index (χ1) is 10.5. The van der Waals surface area contributed by atoms with Gasteiger partial charge < -0.3 is 14.9 Å². The first kappa shape index (κ1) is 18.2. The van der Waals surface area contributed by atoms with Crippen LogP contribution in [0.5, 0.6) is 0 Å². The number of nitrogens with zero attached hydrogens (tertiary/aromatic N) is 2. The Labute approximate surface area is 140 Å². The van der Waals surface area contributed by atoms with E-state index in [-0.39, 0.29) is 23.3 Å². The van der Waals surface area contributed by atoms with Crippen LogP contribution >= 0.6 is 0 Å². The Bertz CT molecular complexity index is 467. The van der Waals surface area contributed by atoms with E-state index in [2.05, 4.69) is 0 Å². The minimum absolute atomic E-state index is 0.134. The molecular formula is C18H32N2O3. The van der Waals surface area contributed by atoms with Crippen LogP contribution in [0.1, 0.15) is 53.9 Å². The predicted molar refractivity (Wildman–Crippen MR) is 89.7 cm³/mol. The Morgan fingerprint density at radius 3 is 2.04 bits per heavy atom. The summed E-state index contributed by atoms with van der Waals surface area (Å²) in [5.41, 5.74) is -0.776. The molecule has 5 nitrogen and oxygen atoms in total. The second kappa shape index (κ2) is 6.42. The zero-order chi connectivity index (χ0) is 17.4. The zero-order valence-electron chi connectivity index (χ0n) is 15.3. The number of rotatable bonds is 3. The Hall–Kier alpha value is -1.10. The quantitative estimate of drug-likeness (QED) is 0.862. The SMILES string of the molecule is CC(C)(C)C(=O)N1CCC(CC(C)(C)C(=O)N2CCC(O)C2)C1. The molecule has 2 amide bonds. The lowest BCUT2D eigenvalue weighted by Gasteiger charge is -2.31. The van der Waals surface area contributed by atoms with Gasteiger partial charge in [0, 0.05) is 37.0 Å². The van der Waals surface area contributed by atoms with Crippen LogP contribution in [0.3, 0.4) is 0 Å². The predicted octanol–water partition coefficient (Wildman–Crippen LogP) is 1.89. The van der Waals surface area contributed by atoms with Crippen molar-refractivity contribution in [2.24, 2.45) is 16.7 Å². The Morgan fingerprint density at radius 1 is 0.957 bits per heavy atom. The van der Waals surface area contributed by atoms with Crippen molar-refractivity contribution in [2.45, 2.75) is 60.0 Å². The Balaban J connectivity index is 1.91. The summed E-state index contributed by atoms with van der Waals surface area (Å²) in [7, 11) is 0. The second-order valence-electron chi connectivity index (χ2n) is 8.94. The molecule has 0 saturated carbocycles. The van der Waals surface area contributed by atoms with Crippen molar-refractivity contribution in [3.63, 3.8) is 0 Å². The van der Waals surface area contributed by atoms with Gasteiger partial charge >= 0.3 is 0 Å². The largest absolute Gasteiger partial charge is 0.391 e. The van der Waals surface area contributed by atoms with Gasteiger partial charge in [-0.3, -0.25) is 9.59 Å². The monoisotopic (exact) mass is 324 g/mol. The van der Waals surface area contributed by atoms with Crippen molar-refractivity contribution in [2.75, 3.05) is 26.2 Å². The summed E-state index contributed by atoms with van der Waals surface area (Å²) >= 11 is 0. The number of likely N-dealkylation sites (tertiary alicyclic amines) is 2. The van der Waals surface area contributed by atoms with Crippen molar-refractivity contribution in [1.29, 1.82) is 0 Å². The topological polar surface area (TPSA) is 60.9 Å². The van der Waals surface area contributed by atoms with Gasteiger partial charge in [0.15, 0.2) is 0 Å². The smallest absolute Gasteiger partial charge is 0.228 e. The average molecular weight is 324 g/mol. The van der Waals surface area contributed by atoms with Crippen LogP contribution in [0.4, 0.5) is 0 Å². The van der Waals surface area contributed by atoms with Gasteiger partial charge in [0.25, 0.3) is 0 Å². The Kier molecular flexibility index (Phi) is 5.09. The van der Waals surface area contributed by atoms with Gasteiger partial charge in [-0.05, 0) is 25.2 Å². The van der Waals surface area contributed by atoms with Crippen LogP contribution < -0.4 is 0 Å². The molecule has 0 aliphatic carbocycles. The van der Waals surface area contributed by atoms with Crippen LogP contribution in [-0.4, -0.2) is 59.0 Å². The first-order valence-corrected chi connectivity index (χ1v) is 8.77. The van der Waals surface area contributed by atoms with E-state index in [1.165, 1.54) is 0 Å². The molecule has 23 heavy (non-hydrogen) atoms. The molecule has 0 aromatic heterocycles. The minimum atomic E-state index is -0.435. The van der Waals surface area contributed by atoms with E-state index in [0.29, 0.717) is 25.4 Å². The van der Waals surface area contributed by atoms with Gasteiger partial charge in [0.05, 0.1) is 6.10 Å². The third-order valence-electron chi connectivity index (χ3n) is 5.04. The lowest BCUT2D eigenvalue weighted by molar-refractivity contribution is -0.140. The highest BCUT2D eigenvalue weighted by molar-refractivity contribution is 5.83. The summed E-state index contributed by atoms with van der Waals surface area (Å²) in [5, 5.41) is 9.63. The van der Waals surface area contributed by atoms with Gasteiger partial charge in [-0.15, -0.1) is 0 Å². The molecule has 5 heteroatoms. The molecule has 0 aromatic carbocycles. The molecular weight excluding hydrogens is 292 g/mol. The van der Waals surface area contributed by atoms with Gasteiger partial charge in [-0.2, -0.15) is 0 Å². The molecule has 2 aliphatic heterocycles. The highest BCUT2D eigenvalue weighted by Crippen LogP contribution is 2.34. The number of hydrogen-bond acceptors (Lipinski definition) is 3. The van der Waals surface area contributed by atoms with E-state index < -0.39 is 5.41 Å². The number of amides is 2. The van der Waals surface area contributed by atoms with Crippen LogP contribution in [0.15, 0.2) is 0 Å². The molecule has 0 aromatic rings. The fourth-order valence-electron chi connectivity index (χ4n) is 3.82. The van der Waals surface area contributed by atoms with Gasteiger partial charge in [-0.1, -0.05) is 34.6 Å². The van der Waals surface area contributed by atoms with Crippen LogP contribution in [0.2, 0.25) is 0 Å². The third kappa shape index (κ3) is 4.25. The number of aliphatic hydroxyl groups is 1. The minimum Gasteiger partial charge on any atom is -0.391 e. The van der Waals surface area contributed by atoms with E-state index >= 15 is 0 Å². The maximum absolute atomic E-state index is 12.7. The zero-order valence-corrected chi connectivity index (χ0v) is 15.3. The highest BCUT2D eigenvalue weighted by Gasteiger charge is 2.40. The van der Waals surface area contributed by atoms with Gasteiger partial charge in [-0.25, -0.2) is 0 Å². The lowest BCUT2D eigenvalue weighted by atomic mass is 9.81. The molecule has 0 spiro atoms. The number of hydrogen-bond donors (Lipinski definition) is 1. The van der Waals surface area contributed by atoms with Crippen LogP contribution in [-0.2, 0) is 9.59 Å². The van der Waals surface area contributed by atoms with E-state index in [9.17, 15) is 14.7 Å². The Morgan fingerprint density at radius 2 is 1.52 bits per heavy atom. The highest BCUT2D eigenvalue weighted by atomic mass is 16.3. The van der Waals surface area contributed by atoms with E-state index in [4.69, 9.17) is 0 Å². The molecule has 2 atom stereocenters. The van der Waals surface area contributed by atoms with Crippen LogP contribution in [0, 0.1) is 16.7 Å². The molecule has 0 bridgehead atoms. The van der Waals surface area contributed by atoms with Crippen LogP contribution in [0.25, 0.3) is 0 Å². The molecule has 2 fully saturated rings. The summed E-state index contributed by atoms with van der Waals surface area (Å²) in [5.74, 6) is 0.717. The molecule has 2 saturated heterocycles. The van der Waals surface area contributed by atoms with Gasteiger partial charge in [0.2, 0.25) is 11.8 Å². The number of carbonyl (C=O) groups excluding carboxylic acids is 2. The maximum atomic E-state index is 12.7. The van der Waals surface area contributed by atoms with Gasteiger partial charge in [0.1, 0.15) is 0 Å². The lowest BCUT2D eigenvalue weighted by Crippen LogP contribution is -2.42. The first-order valence-electron chi connectivity index (χ1n) is 8.77. The molecule has 1 N–H and O–H groups in total. The fraction of sp³-hybridized carbons (Fsp3) is 0.889. The molecule has 2 heterocycles. The summed E-state index contributed by atoms with van der Waals surface area (Å²) < 4.78 is 0. The van der Waals surface area contributed by atoms with E-state index in [0.717, 1.165) is 25.9 Å². The standard InChI is InChI=1S/C18H32N2O3/c1-17(2,3)15(22)19-8-6-13(11-19)10-18(4,5)16(23)20-9-7-14(21)12-20/h13-14,21H,6-12H2,1-5H3. The number of β-amino-alcohol motifs (C(OH)–C–C–N with tert-alkyl or cyclic N) is 1. The molecule has 132 valence electrons. The van der Waals surface area contributed by atoms with Crippen molar-refractivity contribution in [1.82, 2.24) is 9.80 Å². The average Bonchev–Trinajstić information content (AvgIpc) is 3.04. The van der Waals surface area contributed by atoms with Crippen molar-refractivity contribution < 1.29 is 14.7 Å². The molecule has 2 unspecified atom stereocenters. The van der Waals surface area contributed by atoms with Crippen molar-refractivity contribution in [3.05, 3.63) is 0 Å². The summed E-state index contributed by atoms with van der Waals surface area (Å²) in [6.45, 7) is 12.5. The second-order valence-corrected chi connectivity index (χ2v) is 8.94. The summed E-state index contributed by atoms with van der Waals surface area (Å²) in [6, 6.07) is 0. The van der Waals surface area contributed by atoms with Crippen molar-refractivity contribution >= 4 is 11.8 Å². The molecule has 2 rings (SSSR count). The third-order valence-corrected chi connectivity index (χ3v) is 5.04. The maximum Gasteiger partial charge on any atom is 0.228 e. The van der Waals surface area contributed by atoms with E-state index in [1.54, 1.807) is 4.90 Å². The molecule has 0 radical (unpaired) electrons.